The van der Waals surface area contributed by atoms with Crippen LogP contribution in [0.1, 0.15) is 43.9 Å². The Bertz CT molecular complexity index is 739. The highest BCUT2D eigenvalue weighted by Crippen LogP contribution is 2.29. The quantitative estimate of drug-likeness (QED) is 0.903. The first-order chi connectivity index (χ1) is 10.4. The lowest BCUT2D eigenvalue weighted by Crippen LogP contribution is -2.07. The lowest BCUT2D eigenvalue weighted by Gasteiger charge is -2.07. The minimum atomic E-state index is -0.876. The molecule has 0 bridgehead atoms. The van der Waals surface area contributed by atoms with E-state index in [0.29, 0.717) is 22.6 Å². The fraction of sp³-hybridized carbons (Fsp3) is 0.312. The number of benzene rings is 1. The molecule has 3 N–H and O–H groups in total. The lowest BCUT2D eigenvalue weighted by atomic mass is 9.98. The molecule has 1 unspecified atom stereocenters. The highest BCUT2D eigenvalue weighted by molar-refractivity contribution is 5.77. The number of nitrogens with two attached hydrogens (primary N) is 1. The molecule has 1 aromatic heterocycles. The number of hydrogen-bond acceptors (Lipinski definition) is 4. The molecule has 22 heavy (non-hydrogen) atoms. The van der Waals surface area contributed by atoms with Gasteiger partial charge in [-0.15, -0.1) is 0 Å². The highest BCUT2D eigenvalue weighted by atomic mass is 16.4. The van der Waals surface area contributed by atoms with Crippen LogP contribution in [0, 0.1) is 11.3 Å². The van der Waals surface area contributed by atoms with E-state index in [1.807, 2.05) is 13.8 Å². The summed E-state index contributed by atoms with van der Waals surface area (Å²) in [5.74, 6) is -1.11. The second-order valence-corrected chi connectivity index (χ2v) is 5.44. The van der Waals surface area contributed by atoms with Gasteiger partial charge in [-0.1, -0.05) is 24.3 Å². The minimum Gasteiger partial charge on any atom is -0.481 e. The Balaban J connectivity index is 2.47. The highest BCUT2D eigenvalue weighted by Gasteiger charge is 2.19. The summed E-state index contributed by atoms with van der Waals surface area (Å²) in [4.78, 5) is 11.0. The van der Waals surface area contributed by atoms with Gasteiger partial charge in [-0.25, -0.2) is 4.68 Å². The molecule has 0 spiro atoms. The van der Waals surface area contributed by atoms with E-state index in [9.17, 15) is 10.1 Å². The van der Waals surface area contributed by atoms with Gasteiger partial charge in [0.05, 0.1) is 5.92 Å². The smallest absolute Gasteiger partial charge is 0.310 e. The van der Waals surface area contributed by atoms with Crippen molar-refractivity contribution in [2.45, 2.75) is 32.7 Å². The van der Waals surface area contributed by atoms with Crippen molar-refractivity contribution in [2.24, 2.45) is 0 Å². The number of nitrogens with zero attached hydrogens (tertiary/aromatic N) is 3. The van der Waals surface area contributed by atoms with Gasteiger partial charge in [0, 0.05) is 11.6 Å². The van der Waals surface area contributed by atoms with Crippen LogP contribution in [-0.4, -0.2) is 20.9 Å². The van der Waals surface area contributed by atoms with Crippen LogP contribution in [0.5, 0.6) is 0 Å². The van der Waals surface area contributed by atoms with Gasteiger partial charge in [-0.2, -0.15) is 10.4 Å². The Kier molecular flexibility index (Phi) is 4.18. The first-order valence-electron chi connectivity index (χ1n) is 6.98. The predicted molar refractivity (Wildman–Crippen MR) is 83.2 cm³/mol. The van der Waals surface area contributed by atoms with E-state index in [2.05, 4.69) is 11.2 Å². The van der Waals surface area contributed by atoms with Crippen molar-refractivity contribution >= 4 is 11.8 Å². The van der Waals surface area contributed by atoms with Crippen LogP contribution in [0.15, 0.2) is 24.3 Å². The summed E-state index contributed by atoms with van der Waals surface area (Å²) in [7, 11) is 0. The van der Waals surface area contributed by atoms with E-state index in [1.54, 1.807) is 35.9 Å². The standard InChI is InChI=1S/C16H18N4O2/c1-9(2)20-15(18)13(8-17)14(19-20)12-6-4-11(5-7-12)10(3)16(21)22/h4-7,9-10H,18H2,1-3H3,(H,21,22). The third-order valence-corrected chi connectivity index (χ3v) is 3.60. The molecule has 0 saturated heterocycles. The monoisotopic (exact) mass is 298 g/mol. The summed E-state index contributed by atoms with van der Waals surface area (Å²) in [5.41, 5.74) is 8.27. The molecular weight excluding hydrogens is 280 g/mol. The normalized spacial score (nSPS) is 12.1. The molecule has 2 rings (SSSR count). The van der Waals surface area contributed by atoms with Crippen LogP contribution in [0.2, 0.25) is 0 Å². The maximum atomic E-state index is 11.0. The number of rotatable bonds is 4. The van der Waals surface area contributed by atoms with Gasteiger partial charge in [0.25, 0.3) is 0 Å². The predicted octanol–water partition coefficient (Wildman–Crippen LogP) is 2.77. The lowest BCUT2D eigenvalue weighted by molar-refractivity contribution is -0.138. The van der Waals surface area contributed by atoms with E-state index in [0.717, 1.165) is 5.56 Å². The Morgan fingerprint density at radius 3 is 2.36 bits per heavy atom. The number of nitrogen functional groups attached to an aromatic ring is 1. The first kappa shape index (κ1) is 15.6. The Morgan fingerprint density at radius 2 is 1.91 bits per heavy atom. The van der Waals surface area contributed by atoms with Gasteiger partial charge in [0.1, 0.15) is 23.1 Å². The number of aromatic nitrogens is 2. The molecule has 2 aromatic rings. The molecule has 0 aliphatic heterocycles. The average Bonchev–Trinajstić information content (AvgIpc) is 2.83. The minimum absolute atomic E-state index is 0.0483. The molecular formula is C16H18N4O2. The summed E-state index contributed by atoms with van der Waals surface area (Å²) in [6, 6.07) is 9.14. The van der Waals surface area contributed by atoms with Crippen LogP contribution in [0.3, 0.4) is 0 Å². The number of aliphatic carboxylic acids is 1. The molecule has 1 aromatic carbocycles. The molecule has 0 amide bonds. The number of carboxylic acids is 1. The molecule has 1 heterocycles. The largest absolute Gasteiger partial charge is 0.481 e. The second-order valence-electron chi connectivity index (χ2n) is 5.44. The zero-order chi connectivity index (χ0) is 16.4. The Labute approximate surface area is 128 Å². The van der Waals surface area contributed by atoms with Crippen LogP contribution in [0.25, 0.3) is 11.3 Å². The van der Waals surface area contributed by atoms with Crippen LogP contribution in [-0.2, 0) is 4.79 Å². The van der Waals surface area contributed by atoms with Crippen LogP contribution >= 0.6 is 0 Å². The number of carboxylic acid groups (broad SMARTS) is 1. The molecule has 0 fully saturated rings. The summed E-state index contributed by atoms with van der Waals surface area (Å²) >= 11 is 0. The molecule has 0 radical (unpaired) electrons. The van der Waals surface area contributed by atoms with Crippen molar-refractivity contribution in [3.05, 3.63) is 35.4 Å². The number of nitriles is 1. The molecule has 6 nitrogen and oxygen atoms in total. The molecule has 1 atom stereocenters. The van der Waals surface area contributed by atoms with Gasteiger partial charge in [-0.3, -0.25) is 4.79 Å². The van der Waals surface area contributed by atoms with Gasteiger partial charge in [-0.05, 0) is 26.3 Å². The molecule has 114 valence electrons. The average molecular weight is 298 g/mol. The fourth-order valence-electron chi connectivity index (χ4n) is 2.23. The number of carbonyl (C=O) groups is 1. The Morgan fingerprint density at radius 1 is 1.32 bits per heavy atom. The topological polar surface area (TPSA) is 105 Å². The number of hydrogen-bond donors (Lipinski definition) is 2. The molecule has 6 heteroatoms. The second kappa shape index (κ2) is 5.90. The van der Waals surface area contributed by atoms with Crippen LogP contribution < -0.4 is 5.73 Å². The van der Waals surface area contributed by atoms with E-state index < -0.39 is 11.9 Å². The maximum absolute atomic E-state index is 11.0. The van der Waals surface area contributed by atoms with Crippen molar-refractivity contribution in [3.63, 3.8) is 0 Å². The van der Waals surface area contributed by atoms with Crippen molar-refractivity contribution in [2.75, 3.05) is 5.73 Å². The Hall–Kier alpha value is -2.81. The van der Waals surface area contributed by atoms with E-state index in [1.165, 1.54) is 0 Å². The van der Waals surface area contributed by atoms with Gasteiger partial charge < -0.3 is 10.8 Å². The zero-order valence-corrected chi connectivity index (χ0v) is 12.7. The van der Waals surface area contributed by atoms with E-state index in [4.69, 9.17) is 10.8 Å². The SMILES string of the molecule is CC(C(=O)O)c1ccc(-c2nn(C(C)C)c(N)c2C#N)cc1. The van der Waals surface area contributed by atoms with Gasteiger partial charge in [0.15, 0.2) is 0 Å². The van der Waals surface area contributed by atoms with Crippen molar-refractivity contribution < 1.29 is 9.90 Å². The fourth-order valence-corrected chi connectivity index (χ4v) is 2.23. The van der Waals surface area contributed by atoms with E-state index >= 15 is 0 Å². The van der Waals surface area contributed by atoms with Gasteiger partial charge >= 0.3 is 5.97 Å². The first-order valence-corrected chi connectivity index (χ1v) is 6.98. The van der Waals surface area contributed by atoms with Crippen molar-refractivity contribution in [1.82, 2.24) is 9.78 Å². The third kappa shape index (κ3) is 2.66. The maximum Gasteiger partial charge on any atom is 0.310 e. The molecule has 0 saturated carbocycles. The van der Waals surface area contributed by atoms with Crippen molar-refractivity contribution in [3.8, 4) is 17.3 Å². The summed E-state index contributed by atoms with van der Waals surface area (Å²) in [6.07, 6.45) is 0. The van der Waals surface area contributed by atoms with Crippen molar-refractivity contribution in [1.29, 1.82) is 5.26 Å². The molecule has 0 aliphatic rings. The summed E-state index contributed by atoms with van der Waals surface area (Å²) in [5, 5.41) is 22.8. The van der Waals surface area contributed by atoms with Gasteiger partial charge in [0.2, 0.25) is 0 Å². The number of anilines is 1. The van der Waals surface area contributed by atoms with Crippen LogP contribution in [0.4, 0.5) is 5.82 Å². The molecule has 0 aliphatic carbocycles. The summed E-state index contributed by atoms with van der Waals surface area (Å²) < 4.78 is 1.61. The zero-order valence-electron chi connectivity index (χ0n) is 12.7. The third-order valence-electron chi connectivity index (χ3n) is 3.60. The summed E-state index contributed by atoms with van der Waals surface area (Å²) in [6.45, 7) is 5.50. The van der Waals surface area contributed by atoms with E-state index in [-0.39, 0.29) is 6.04 Å².